The summed E-state index contributed by atoms with van der Waals surface area (Å²) in [5, 5.41) is 10.8. The molecule has 1 heterocycles. The zero-order valence-electron chi connectivity index (χ0n) is 13.0. The van der Waals surface area contributed by atoms with E-state index in [1.54, 1.807) is 12.1 Å². The number of phenols is 1. The van der Waals surface area contributed by atoms with E-state index >= 15 is 0 Å². The Morgan fingerprint density at radius 3 is 2.39 bits per heavy atom. The van der Waals surface area contributed by atoms with Gasteiger partial charge in [0.1, 0.15) is 5.75 Å². The van der Waals surface area contributed by atoms with Gasteiger partial charge in [0.25, 0.3) is 0 Å². The fourth-order valence-corrected chi connectivity index (χ4v) is 4.21. The molecule has 0 saturated heterocycles. The van der Waals surface area contributed by atoms with Crippen LogP contribution in [0.5, 0.6) is 5.75 Å². The lowest BCUT2D eigenvalue weighted by Crippen LogP contribution is -1.95. The summed E-state index contributed by atoms with van der Waals surface area (Å²) in [7, 11) is 0. The minimum atomic E-state index is 0.248. The first-order valence-electron chi connectivity index (χ1n) is 7.54. The number of pyridine rings is 1. The van der Waals surface area contributed by atoms with Crippen LogP contribution in [-0.2, 0) is 12.8 Å². The van der Waals surface area contributed by atoms with Crippen LogP contribution in [0.15, 0.2) is 45.3 Å². The summed E-state index contributed by atoms with van der Waals surface area (Å²) in [6.45, 7) is 4.27. The number of aryl methyl sites for hydroxylation is 2. The topological polar surface area (TPSA) is 33.1 Å². The fraction of sp³-hybridized carbons (Fsp3) is 0.211. The number of benzene rings is 2. The zero-order valence-corrected chi connectivity index (χ0v) is 16.2. The number of aromatic nitrogens is 1. The van der Waals surface area contributed by atoms with Crippen molar-refractivity contribution in [3.8, 4) is 5.75 Å². The quantitative estimate of drug-likeness (QED) is 0.554. The maximum absolute atomic E-state index is 9.64. The van der Waals surface area contributed by atoms with Crippen LogP contribution >= 0.6 is 31.9 Å². The Balaban J connectivity index is 2.03. The van der Waals surface area contributed by atoms with E-state index in [9.17, 15) is 5.11 Å². The van der Waals surface area contributed by atoms with Crippen LogP contribution in [0, 0.1) is 6.92 Å². The lowest BCUT2D eigenvalue weighted by atomic mass is 10.0. The predicted molar refractivity (Wildman–Crippen MR) is 102 cm³/mol. The minimum absolute atomic E-state index is 0.248. The van der Waals surface area contributed by atoms with Crippen molar-refractivity contribution >= 4 is 42.8 Å². The molecule has 23 heavy (non-hydrogen) atoms. The molecule has 3 rings (SSSR count). The summed E-state index contributed by atoms with van der Waals surface area (Å²) in [6.07, 6.45) is 1.73. The van der Waals surface area contributed by atoms with Crippen molar-refractivity contribution in [1.82, 2.24) is 4.98 Å². The Kier molecular flexibility index (Phi) is 4.74. The minimum Gasteiger partial charge on any atom is -0.508 e. The van der Waals surface area contributed by atoms with E-state index in [1.165, 1.54) is 16.5 Å². The van der Waals surface area contributed by atoms with Crippen molar-refractivity contribution in [2.75, 3.05) is 0 Å². The maximum Gasteiger partial charge on any atom is 0.117 e. The van der Waals surface area contributed by atoms with E-state index in [0.717, 1.165) is 38.6 Å². The second-order valence-corrected chi connectivity index (χ2v) is 7.41. The summed E-state index contributed by atoms with van der Waals surface area (Å²) in [6, 6.07) is 12.0. The third kappa shape index (κ3) is 3.43. The molecule has 3 aromatic rings. The van der Waals surface area contributed by atoms with E-state index in [-0.39, 0.29) is 5.75 Å². The Labute approximate surface area is 152 Å². The molecule has 0 unspecified atom stereocenters. The molecule has 118 valence electrons. The Bertz CT molecular complexity index is 867. The normalized spacial score (nSPS) is 11.1. The molecule has 0 saturated carbocycles. The van der Waals surface area contributed by atoms with E-state index < -0.39 is 0 Å². The number of rotatable bonds is 3. The first kappa shape index (κ1) is 16.5. The number of phenolic OH excluding ortho intramolecular Hbond substituents is 1. The van der Waals surface area contributed by atoms with Gasteiger partial charge in [0.15, 0.2) is 0 Å². The molecule has 0 aliphatic rings. The number of fused-ring (bicyclic) bond motifs is 1. The van der Waals surface area contributed by atoms with E-state index in [4.69, 9.17) is 4.98 Å². The summed E-state index contributed by atoms with van der Waals surface area (Å²) >= 11 is 7.07. The van der Waals surface area contributed by atoms with Crippen LogP contribution in [-0.4, -0.2) is 10.1 Å². The first-order chi connectivity index (χ1) is 11.0. The fourth-order valence-electron chi connectivity index (χ4n) is 2.76. The third-order valence-corrected chi connectivity index (χ3v) is 5.42. The van der Waals surface area contributed by atoms with Crippen LogP contribution in [0.1, 0.15) is 29.3 Å². The van der Waals surface area contributed by atoms with Crippen molar-refractivity contribution in [2.45, 2.75) is 26.7 Å². The number of halogens is 2. The second kappa shape index (κ2) is 6.62. The number of aromatic hydroxyl groups is 1. The molecule has 0 aliphatic heterocycles. The molecule has 1 aromatic heterocycles. The van der Waals surface area contributed by atoms with Gasteiger partial charge in [-0.3, -0.25) is 4.98 Å². The number of hydrogen-bond donors (Lipinski definition) is 1. The van der Waals surface area contributed by atoms with Crippen LogP contribution in [0.25, 0.3) is 10.9 Å². The highest BCUT2D eigenvalue weighted by Crippen LogP contribution is 2.32. The van der Waals surface area contributed by atoms with Gasteiger partial charge in [-0.15, -0.1) is 0 Å². The van der Waals surface area contributed by atoms with Gasteiger partial charge in [-0.25, -0.2) is 0 Å². The SMILES string of the molecule is CCc1cc(C)c2cc(Cc3c(Br)cc(O)cc3Br)ccc2n1. The summed E-state index contributed by atoms with van der Waals surface area (Å²) in [5.74, 6) is 0.248. The van der Waals surface area contributed by atoms with Crippen LogP contribution in [0.2, 0.25) is 0 Å². The van der Waals surface area contributed by atoms with Crippen LogP contribution in [0.3, 0.4) is 0 Å². The maximum atomic E-state index is 9.64. The predicted octanol–water partition coefficient (Wildman–Crippen LogP) is 5.93. The summed E-state index contributed by atoms with van der Waals surface area (Å²) in [5.41, 5.74) is 5.79. The van der Waals surface area contributed by atoms with Gasteiger partial charge < -0.3 is 5.11 Å². The highest BCUT2D eigenvalue weighted by atomic mass is 79.9. The highest BCUT2D eigenvalue weighted by molar-refractivity contribution is 9.11. The monoisotopic (exact) mass is 433 g/mol. The molecule has 0 radical (unpaired) electrons. The lowest BCUT2D eigenvalue weighted by Gasteiger charge is -2.11. The number of nitrogens with zero attached hydrogens (tertiary/aromatic N) is 1. The third-order valence-electron chi connectivity index (χ3n) is 4.00. The average Bonchev–Trinajstić information content (AvgIpc) is 2.51. The number of hydrogen-bond acceptors (Lipinski definition) is 2. The largest absolute Gasteiger partial charge is 0.508 e. The second-order valence-electron chi connectivity index (χ2n) is 5.70. The molecule has 0 atom stereocenters. The molecule has 1 N–H and O–H groups in total. The molecule has 0 bridgehead atoms. The molecular weight excluding hydrogens is 418 g/mol. The van der Waals surface area contributed by atoms with Gasteiger partial charge in [0.2, 0.25) is 0 Å². The zero-order chi connectivity index (χ0) is 16.6. The van der Waals surface area contributed by atoms with Crippen molar-refractivity contribution in [2.24, 2.45) is 0 Å². The molecule has 4 heteroatoms. The van der Waals surface area contributed by atoms with Gasteiger partial charge in [-0.1, -0.05) is 44.8 Å². The van der Waals surface area contributed by atoms with Crippen molar-refractivity contribution in [3.05, 3.63) is 67.7 Å². The molecular formula is C19H17Br2NO. The summed E-state index contributed by atoms with van der Waals surface area (Å²) in [4.78, 5) is 4.70. The Morgan fingerprint density at radius 2 is 1.74 bits per heavy atom. The van der Waals surface area contributed by atoms with Crippen molar-refractivity contribution in [3.63, 3.8) is 0 Å². The van der Waals surface area contributed by atoms with E-state index in [2.05, 4.69) is 70.0 Å². The standard InChI is InChI=1S/C19H17Br2NO/c1-3-13-6-11(2)15-7-12(4-5-19(15)22-13)8-16-17(20)9-14(23)10-18(16)21/h4-7,9-10,23H,3,8H2,1-2H3. The van der Waals surface area contributed by atoms with Crippen molar-refractivity contribution < 1.29 is 5.11 Å². The smallest absolute Gasteiger partial charge is 0.117 e. The van der Waals surface area contributed by atoms with E-state index in [1.807, 2.05) is 0 Å². The van der Waals surface area contributed by atoms with Crippen molar-refractivity contribution in [1.29, 1.82) is 0 Å². The summed E-state index contributed by atoms with van der Waals surface area (Å²) < 4.78 is 1.81. The molecule has 0 amide bonds. The molecule has 0 aliphatic carbocycles. The van der Waals surface area contributed by atoms with Crippen LogP contribution in [0.4, 0.5) is 0 Å². The molecule has 0 spiro atoms. The molecule has 0 fully saturated rings. The lowest BCUT2D eigenvalue weighted by molar-refractivity contribution is 0.474. The Hall–Kier alpha value is -1.39. The van der Waals surface area contributed by atoms with Crippen LogP contribution < -0.4 is 0 Å². The van der Waals surface area contributed by atoms with Gasteiger partial charge in [0, 0.05) is 20.0 Å². The van der Waals surface area contributed by atoms with Gasteiger partial charge in [-0.2, -0.15) is 0 Å². The van der Waals surface area contributed by atoms with E-state index in [0.29, 0.717) is 0 Å². The Morgan fingerprint density at radius 1 is 1.04 bits per heavy atom. The molecule has 2 aromatic carbocycles. The van der Waals surface area contributed by atoms with Gasteiger partial charge in [-0.05, 0) is 66.8 Å². The van der Waals surface area contributed by atoms with Gasteiger partial charge >= 0.3 is 0 Å². The first-order valence-corrected chi connectivity index (χ1v) is 9.12. The van der Waals surface area contributed by atoms with Gasteiger partial charge in [0.05, 0.1) is 5.52 Å². The average molecular weight is 435 g/mol. The molecule has 2 nitrogen and oxygen atoms in total. The highest BCUT2D eigenvalue weighted by Gasteiger charge is 2.10.